The Kier molecular flexibility index (Phi) is 6.35. The van der Waals surface area contributed by atoms with Gasteiger partial charge in [-0.2, -0.15) is 0 Å². The molecule has 9 heteroatoms. The van der Waals surface area contributed by atoms with Crippen LogP contribution in [0.25, 0.3) is 28.0 Å². The number of urea groups is 1. The molecule has 1 aliphatic carbocycles. The van der Waals surface area contributed by atoms with Gasteiger partial charge >= 0.3 is 6.03 Å². The van der Waals surface area contributed by atoms with Crippen LogP contribution in [0.4, 0.5) is 4.79 Å². The van der Waals surface area contributed by atoms with Gasteiger partial charge in [-0.3, -0.25) is 14.7 Å². The van der Waals surface area contributed by atoms with Crippen molar-refractivity contribution < 1.29 is 9.59 Å². The van der Waals surface area contributed by atoms with E-state index in [1.807, 2.05) is 66.2 Å². The first kappa shape index (κ1) is 22.2. The van der Waals surface area contributed by atoms with E-state index in [2.05, 4.69) is 25.8 Å². The molecule has 0 unspecified atom stereocenters. The molecule has 174 valence electrons. The molecule has 0 atom stereocenters. The van der Waals surface area contributed by atoms with E-state index in [0.717, 1.165) is 53.4 Å². The average Bonchev–Trinajstić information content (AvgIpc) is 3.57. The van der Waals surface area contributed by atoms with E-state index in [1.165, 1.54) is 11.8 Å². The third kappa shape index (κ3) is 4.56. The van der Waals surface area contributed by atoms with Crippen molar-refractivity contribution in [3.63, 3.8) is 0 Å². The number of amides is 3. The first-order valence-corrected chi connectivity index (χ1v) is 12.4. The van der Waals surface area contributed by atoms with Crippen LogP contribution in [-0.4, -0.2) is 43.5 Å². The molecule has 3 N–H and O–H groups in total. The number of benzene rings is 2. The van der Waals surface area contributed by atoms with E-state index in [9.17, 15) is 9.59 Å². The van der Waals surface area contributed by atoms with Gasteiger partial charge < -0.3 is 10.3 Å². The molecule has 0 aliphatic heterocycles. The number of hydrogen-bond donors (Lipinski definition) is 3. The zero-order valence-electron chi connectivity index (χ0n) is 18.9. The van der Waals surface area contributed by atoms with Crippen LogP contribution in [0.15, 0.2) is 59.9 Å². The number of aromatic amines is 1. The van der Waals surface area contributed by atoms with Gasteiger partial charge in [-0.15, -0.1) is 10.2 Å². The van der Waals surface area contributed by atoms with Crippen molar-refractivity contribution in [2.75, 3.05) is 5.75 Å². The van der Waals surface area contributed by atoms with E-state index < -0.39 is 6.03 Å². The Balaban J connectivity index is 1.40. The summed E-state index contributed by atoms with van der Waals surface area (Å²) >= 11 is 1.25. The third-order valence-electron chi connectivity index (χ3n) is 6.10. The molecule has 1 saturated carbocycles. The first-order chi connectivity index (χ1) is 16.6. The van der Waals surface area contributed by atoms with E-state index >= 15 is 0 Å². The maximum atomic E-state index is 12.5. The Morgan fingerprint density at radius 1 is 1.09 bits per heavy atom. The van der Waals surface area contributed by atoms with Gasteiger partial charge in [0, 0.05) is 28.7 Å². The summed E-state index contributed by atoms with van der Waals surface area (Å²) < 4.78 is 1.97. The van der Waals surface area contributed by atoms with Gasteiger partial charge in [-0.05, 0) is 37.5 Å². The molecule has 2 aromatic heterocycles. The predicted molar refractivity (Wildman–Crippen MR) is 133 cm³/mol. The van der Waals surface area contributed by atoms with Gasteiger partial charge in [0.05, 0.1) is 11.4 Å². The summed E-state index contributed by atoms with van der Waals surface area (Å²) in [5, 5.41) is 15.8. The maximum Gasteiger partial charge on any atom is 0.321 e. The number of para-hydroxylation sites is 2. The SMILES string of the molecule is Cc1ccccc1-n1c(SCC(=O)NC(=O)NC2CCCC2)nnc1-c1c[nH]c2ccccc12. The predicted octanol–water partition coefficient (Wildman–Crippen LogP) is 4.58. The highest BCUT2D eigenvalue weighted by molar-refractivity contribution is 7.99. The van der Waals surface area contributed by atoms with Crippen LogP contribution >= 0.6 is 11.8 Å². The summed E-state index contributed by atoms with van der Waals surface area (Å²) in [6.45, 7) is 2.03. The molecule has 1 aliphatic rings. The van der Waals surface area contributed by atoms with Gasteiger partial charge in [0.15, 0.2) is 11.0 Å². The molecule has 5 rings (SSSR count). The van der Waals surface area contributed by atoms with Crippen molar-refractivity contribution in [1.82, 2.24) is 30.4 Å². The van der Waals surface area contributed by atoms with Gasteiger partial charge in [0.1, 0.15) is 0 Å². The molecule has 34 heavy (non-hydrogen) atoms. The largest absolute Gasteiger partial charge is 0.360 e. The van der Waals surface area contributed by atoms with E-state index in [0.29, 0.717) is 11.0 Å². The van der Waals surface area contributed by atoms with E-state index in [4.69, 9.17) is 0 Å². The number of hydrogen-bond acceptors (Lipinski definition) is 5. The summed E-state index contributed by atoms with van der Waals surface area (Å²) in [6.07, 6.45) is 6.08. The van der Waals surface area contributed by atoms with Crippen molar-refractivity contribution in [2.24, 2.45) is 0 Å². The van der Waals surface area contributed by atoms with Crippen molar-refractivity contribution in [2.45, 2.75) is 43.8 Å². The van der Waals surface area contributed by atoms with Crippen molar-refractivity contribution in [3.05, 3.63) is 60.3 Å². The molecule has 2 aromatic carbocycles. The topological polar surface area (TPSA) is 105 Å². The number of carbonyl (C=O) groups is 2. The van der Waals surface area contributed by atoms with E-state index in [-0.39, 0.29) is 17.7 Å². The highest BCUT2D eigenvalue weighted by Gasteiger charge is 2.22. The lowest BCUT2D eigenvalue weighted by atomic mass is 10.1. The van der Waals surface area contributed by atoms with Gasteiger partial charge in [-0.1, -0.05) is 61.0 Å². The van der Waals surface area contributed by atoms with Crippen molar-refractivity contribution in [1.29, 1.82) is 0 Å². The molecule has 0 saturated heterocycles. The molecule has 2 heterocycles. The quantitative estimate of drug-likeness (QED) is 0.355. The van der Waals surface area contributed by atoms with Crippen LogP contribution in [0.3, 0.4) is 0 Å². The zero-order chi connectivity index (χ0) is 23.5. The molecule has 0 bridgehead atoms. The molecule has 1 fully saturated rings. The molecule has 8 nitrogen and oxygen atoms in total. The number of nitrogens with one attached hydrogen (secondary N) is 3. The average molecular weight is 475 g/mol. The maximum absolute atomic E-state index is 12.5. The molecule has 0 radical (unpaired) electrons. The summed E-state index contributed by atoms with van der Waals surface area (Å²) in [5.74, 6) is 0.373. The number of imide groups is 1. The minimum Gasteiger partial charge on any atom is -0.360 e. The number of aromatic nitrogens is 4. The number of aryl methyl sites for hydroxylation is 1. The Bertz CT molecular complexity index is 1340. The normalized spacial score (nSPS) is 13.9. The first-order valence-electron chi connectivity index (χ1n) is 11.4. The minimum atomic E-state index is -0.433. The Hall–Kier alpha value is -3.59. The van der Waals surface area contributed by atoms with E-state index in [1.54, 1.807) is 0 Å². The summed E-state index contributed by atoms with van der Waals surface area (Å²) in [6, 6.07) is 15.8. The van der Waals surface area contributed by atoms with Crippen molar-refractivity contribution in [3.8, 4) is 17.1 Å². The number of carbonyl (C=O) groups excluding carboxylic acids is 2. The van der Waals surface area contributed by atoms with Crippen LogP contribution < -0.4 is 10.6 Å². The molecule has 0 spiro atoms. The second-order valence-electron chi connectivity index (χ2n) is 8.47. The molecular weight excluding hydrogens is 448 g/mol. The Labute approximate surface area is 201 Å². The minimum absolute atomic E-state index is 0.0516. The summed E-state index contributed by atoms with van der Waals surface area (Å²) in [7, 11) is 0. The number of thioether (sulfide) groups is 1. The van der Waals surface area contributed by atoms with Crippen LogP contribution in [0, 0.1) is 6.92 Å². The summed E-state index contributed by atoms with van der Waals surface area (Å²) in [4.78, 5) is 27.9. The van der Waals surface area contributed by atoms with Crippen LogP contribution in [-0.2, 0) is 4.79 Å². The Morgan fingerprint density at radius 3 is 2.68 bits per heavy atom. The second kappa shape index (κ2) is 9.72. The Morgan fingerprint density at radius 2 is 1.85 bits per heavy atom. The highest BCUT2D eigenvalue weighted by Crippen LogP contribution is 2.33. The van der Waals surface area contributed by atoms with Crippen molar-refractivity contribution >= 4 is 34.6 Å². The lowest BCUT2D eigenvalue weighted by molar-refractivity contribution is -0.117. The smallest absolute Gasteiger partial charge is 0.321 e. The van der Waals surface area contributed by atoms with Crippen LogP contribution in [0.1, 0.15) is 31.2 Å². The molecular formula is C25H26N6O2S. The lowest BCUT2D eigenvalue weighted by Gasteiger charge is -2.13. The van der Waals surface area contributed by atoms with Crippen LogP contribution in [0.5, 0.6) is 0 Å². The van der Waals surface area contributed by atoms with Crippen LogP contribution in [0.2, 0.25) is 0 Å². The standard InChI is InChI=1S/C25H26N6O2S/c1-16-8-2-7-13-21(16)31-23(19-14-26-20-12-6-5-11-18(19)20)29-30-25(31)34-15-22(32)28-24(33)27-17-9-3-4-10-17/h2,5-8,11-14,17,26H,3-4,9-10,15H2,1H3,(H2,27,28,32,33). The fourth-order valence-electron chi connectivity index (χ4n) is 4.41. The second-order valence-corrected chi connectivity index (χ2v) is 9.41. The number of nitrogens with zero attached hydrogens (tertiary/aromatic N) is 3. The summed E-state index contributed by atoms with van der Waals surface area (Å²) in [5.41, 5.74) is 3.94. The zero-order valence-corrected chi connectivity index (χ0v) is 19.7. The number of H-pyrrole nitrogens is 1. The third-order valence-corrected chi connectivity index (χ3v) is 7.02. The fourth-order valence-corrected chi connectivity index (χ4v) is 5.16. The van der Waals surface area contributed by atoms with Gasteiger partial charge in [0.25, 0.3) is 0 Å². The van der Waals surface area contributed by atoms with Gasteiger partial charge in [0.2, 0.25) is 5.91 Å². The molecule has 4 aromatic rings. The number of rotatable bonds is 6. The van der Waals surface area contributed by atoms with Gasteiger partial charge in [-0.25, -0.2) is 4.79 Å². The highest BCUT2D eigenvalue weighted by atomic mass is 32.2. The monoisotopic (exact) mass is 474 g/mol. The lowest BCUT2D eigenvalue weighted by Crippen LogP contribution is -2.44. The molecule has 3 amide bonds. The fraction of sp³-hybridized carbons (Fsp3) is 0.280. The number of fused-ring (bicyclic) bond motifs is 1.